The predicted octanol–water partition coefficient (Wildman–Crippen LogP) is 1.20. The van der Waals surface area contributed by atoms with Crippen LogP contribution >= 0.6 is 11.3 Å². The minimum absolute atomic E-state index is 1.14. The van der Waals surface area contributed by atoms with Crippen LogP contribution in [0.4, 0.5) is 0 Å². The molecule has 1 radical (unpaired) electrons. The molecule has 0 amide bonds. The fraction of sp³-hybridized carbons (Fsp3) is 0. The van der Waals surface area contributed by atoms with Gasteiger partial charge in [0.15, 0.2) is 6.33 Å². The first-order valence-corrected chi connectivity index (χ1v) is 3.13. The summed E-state index contributed by atoms with van der Waals surface area (Å²) in [4.78, 5) is 4.95. The van der Waals surface area contributed by atoms with Crippen molar-refractivity contribution in [2.75, 3.05) is 0 Å². The Kier molecular flexibility index (Phi) is 0.676. The molecule has 3 heteroatoms. The summed E-state index contributed by atoms with van der Waals surface area (Å²) in [5.74, 6) is 0. The van der Waals surface area contributed by atoms with Crippen molar-refractivity contribution in [3.63, 3.8) is 0 Å². The Bertz CT molecular complexity index is 232. The summed E-state index contributed by atoms with van der Waals surface area (Å²) in [5, 5.41) is 2.01. The molecule has 0 fully saturated rings. The summed E-state index contributed by atoms with van der Waals surface area (Å²) < 4.78 is 1.87. The van der Waals surface area contributed by atoms with E-state index in [1.807, 2.05) is 16.0 Å². The molecule has 2 nitrogen and oxygen atoms in total. The van der Waals surface area contributed by atoms with E-state index in [1.54, 1.807) is 17.5 Å². The average molecular weight is 123 g/mol. The molecule has 0 N–H and O–H groups in total. The Morgan fingerprint density at radius 3 is 3.62 bits per heavy atom. The third kappa shape index (κ3) is 0.391. The van der Waals surface area contributed by atoms with Crippen molar-refractivity contribution in [1.82, 2.24) is 9.38 Å². The van der Waals surface area contributed by atoms with Crippen LogP contribution in [0, 0.1) is 6.33 Å². The second kappa shape index (κ2) is 1.32. The van der Waals surface area contributed by atoms with E-state index in [9.17, 15) is 0 Å². The third-order valence-electron chi connectivity index (χ3n) is 0.977. The lowest BCUT2D eigenvalue weighted by Crippen LogP contribution is -1.67. The molecule has 0 aliphatic rings. The normalized spacial score (nSPS) is 10.5. The number of rotatable bonds is 0. The smallest absolute Gasteiger partial charge is 0.182 e. The molecule has 8 heavy (non-hydrogen) atoms. The van der Waals surface area contributed by atoms with Gasteiger partial charge in [-0.1, -0.05) is 0 Å². The lowest BCUT2D eigenvalue weighted by atomic mass is 10.9. The number of hydrogen-bond donors (Lipinski definition) is 0. The summed E-state index contributed by atoms with van der Waals surface area (Å²) in [7, 11) is 0. The molecule has 0 saturated heterocycles. The molecule has 0 aliphatic heterocycles. The van der Waals surface area contributed by atoms with Crippen LogP contribution in [-0.2, 0) is 0 Å². The third-order valence-corrected chi connectivity index (χ3v) is 1.78. The second-order valence-electron chi connectivity index (χ2n) is 1.47. The summed E-state index contributed by atoms with van der Waals surface area (Å²) in [6, 6.07) is 0. The molecule has 2 aromatic heterocycles. The van der Waals surface area contributed by atoms with Gasteiger partial charge in [-0.2, -0.15) is 0 Å². The number of nitrogens with zero attached hydrogens (tertiary/aromatic N) is 2. The summed E-state index contributed by atoms with van der Waals surface area (Å²) in [6.07, 6.45) is 6.51. The maximum Gasteiger partial charge on any atom is 0.182 e. The zero-order valence-electron chi connectivity index (χ0n) is 4.03. The van der Waals surface area contributed by atoms with Crippen LogP contribution in [0.15, 0.2) is 17.8 Å². The molecule has 0 spiro atoms. The lowest BCUT2D eigenvalue weighted by molar-refractivity contribution is 1.16. The monoisotopic (exact) mass is 123 g/mol. The highest BCUT2D eigenvalue weighted by Crippen LogP contribution is 2.07. The number of imidazole rings is 1. The van der Waals surface area contributed by atoms with E-state index in [-0.39, 0.29) is 0 Å². The number of hydrogen-bond acceptors (Lipinski definition) is 2. The fourth-order valence-electron chi connectivity index (χ4n) is 0.613. The number of aromatic nitrogens is 2. The lowest BCUT2D eigenvalue weighted by Gasteiger charge is -1.70. The molecule has 0 saturated carbocycles. The van der Waals surface area contributed by atoms with Gasteiger partial charge in [-0.25, -0.2) is 4.98 Å². The van der Waals surface area contributed by atoms with Gasteiger partial charge in [-0.15, -0.1) is 11.3 Å². The average Bonchev–Trinajstić information content (AvgIpc) is 2.15. The Morgan fingerprint density at radius 1 is 1.75 bits per heavy atom. The quantitative estimate of drug-likeness (QED) is 0.514. The van der Waals surface area contributed by atoms with Crippen molar-refractivity contribution >= 4 is 16.2 Å². The van der Waals surface area contributed by atoms with Gasteiger partial charge in [0.25, 0.3) is 0 Å². The summed E-state index contributed by atoms with van der Waals surface area (Å²) in [5.41, 5.74) is 0. The highest BCUT2D eigenvalue weighted by atomic mass is 32.1. The van der Waals surface area contributed by atoms with Crippen molar-refractivity contribution in [3.05, 3.63) is 24.1 Å². The van der Waals surface area contributed by atoms with Gasteiger partial charge in [0, 0.05) is 11.6 Å². The van der Waals surface area contributed by atoms with E-state index >= 15 is 0 Å². The maximum atomic E-state index is 3.81. The molecule has 39 valence electrons. The van der Waals surface area contributed by atoms with E-state index in [1.165, 1.54) is 0 Å². The molecule has 0 unspecified atom stereocenters. The minimum Gasteiger partial charge on any atom is -0.288 e. The molecule has 2 rings (SSSR count). The topological polar surface area (TPSA) is 17.3 Å². The van der Waals surface area contributed by atoms with Gasteiger partial charge < -0.3 is 0 Å². The molecular weight excluding hydrogens is 120 g/mol. The Labute approximate surface area is 50.4 Å². The zero-order valence-corrected chi connectivity index (χ0v) is 4.85. The molecule has 0 aromatic carbocycles. The highest BCUT2D eigenvalue weighted by molar-refractivity contribution is 7.15. The van der Waals surface area contributed by atoms with Crippen LogP contribution in [0.1, 0.15) is 0 Å². The van der Waals surface area contributed by atoms with E-state index in [4.69, 9.17) is 0 Å². The van der Waals surface area contributed by atoms with Gasteiger partial charge in [0.05, 0.1) is 6.20 Å². The van der Waals surface area contributed by atoms with Crippen molar-refractivity contribution in [2.45, 2.75) is 0 Å². The Morgan fingerprint density at radius 2 is 2.75 bits per heavy atom. The van der Waals surface area contributed by atoms with Crippen LogP contribution in [0.5, 0.6) is 0 Å². The standard InChI is InChI=1S/C5H3N2S/c1-2-8-5-3-6-4-7(1)5/h1-3H. The van der Waals surface area contributed by atoms with E-state index in [2.05, 4.69) is 11.3 Å². The van der Waals surface area contributed by atoms with E-state index in [0.29, 0.717) is 0 Å². The van der Waals surface area contributed by atoms with Crippen LogP contribution in [0.25, 0.3) is 4.83 Å². The van der Waals surface area contributed by atoms with Crippen molar-refractivity contribution in [3.8, 4) is 0 Å². The second-order valence-corrected chi connectivity index (χ2v) is 2.40. The molecule has 2 aromatic rings. The first-order valence-electron chi connectivity index (χ1n) is 2.25. The largest absolute Gasteiger partial charge is 0.288 e. The number of thiazole rings is 1. The molecule has 0 aliphatic carbocycles. The zero-order chi connectivity index (χ0) is 5.40. The van der Waals surface area contributed by atoms with Gasteiger partial charge in [-0.3, -0.25) is 4.40 Å². The van der Waals surface area contributed by atoms with Crippen LogP contribution in [-0.4, -0.2) is 9.38 Å². The van der Waals surface area contributed by atoms with Gasteiger partial charge in [-0.05, 0) is 0 Å². The van der Waals surface area contributed by atoms with Crippen LogP contribution in [0.3, 0.4) is 0 Å². The van der Waals surface area contributed by atoms with E-state index < -0.39 is 0 Å². The Hall–Kier alpha value is -0.830. The fourth-order valence-corrected chi connectivity index (χ4v) is 1.26. The van der Waals surface area contributed by atoms with Gasteiger partial charge >= 0.3 is 0 Å². The van der Waals surface area contributed by atoms with E-state index in [0.717, 1.165) is 4.83 Å². The highest BCUT2D eigenvalue weighted by Gasteiger charge is 1.89. The molecule has 0 atom stereocenters. The summed E-state index contributed by atoms with van der Waals surface area (Å²) in [6.45, 7) is 0. The van der Waals surface area contributed by atoms with Gasteiger partial charge in [0.2, 0.25) is 0 Å². The molecule has 0 bridgehead atoms. The van der Waals surface area contributed by atoms with Crippen LogP contribution in [0.2, 0.25) is 0 Å². The van der Waals surface area contributed by atoms with Crippen LogP contribution < -0.4 is 0 Å². The molecular formula is C5H3N2S. The van der Waals surface area contributed by atoms with Gasteiger partial charge in [0.1, 0.15) is 4.83 Å². The first kappa shape index (κ1) is 4.09. The van der Waals surface area contributed by atoms with Crippen molar-refractivity contribution in [2.24, 2.45) is 0 Å². The minimum atomic E-state index is 1.14. The van der Waals surface area contributed by atoms with Crippen molar-refractivity contribution < 1.29 is 0 Å². The Balaban J connectivity index is 3.06. The predicted molar refractivity (Wildman–Crippen MR) is 31.9 cm³/mol. The first-order chi connectivity index (χ1) is 3.97. The van der Waals surface area contributed by atoms with Crippen molar-refractivity contribution in [1.29, 1.82) is 0 Å². The summed E-state index contributed by atoms with van der Waals surface area (Å²) >= 11 is 1.66. The maximum absolute atomic E-state index is 3.81. The SMILES string of the molecule is [c]1ncc2sccn12. The molecule has 2 heterocycles. The number of fused-ring (bicyclic) bond motifs is 1.